The zero-order valence-corrected chi connectivity index (χ0v) is 16.3. The normalized spacial score (nSPS) is 10.6. The lowest BCUT2D eigenvalue weighted by molar-refractivity contribution is 0.0773. The van der Waals surface area contributed by atoms with E-state index in [0.717, 1.165) is 4.88 Å². The van der Waals surface area contributed by atoms with Gasteiger partial charge in [0.25, 0.3) is 11.8 Å². The second-order valence-corrected chi connectivity index (χ2v) is 7.11. The van der Waals surface area contributed by atoms with Crippen LogP contribution in [-0.2, 0) is 0 Å². The van der Waals surface area contributed by atoms with Gasteiger partial charge >= 0.3 is 0 Å². The molecule has 3 rings (SSSR count). The van der Waals surface area contributed by atoms with Gasteiger partial charge in [0.15, 0.2) is 10.8 Å². The van der Waals surface area contributed by atoms with Crippen LogP contribution < -0.4 is 5.32 Å². The Morgan fingerprint density at radius 2 is 1.85 bits per heavy atom. The number of benzene rings is 1. The molecule has 0 saturated heterocycles. The van der Waals surface area contributed by atoms with Crippen LogP contribution in [0.4, 0.5) is 5.69 Å². The Morgan fingerprint density at radius 1 is 1.15 bits per heavy atom. The smallest absolute Gasteiger partial charge is 0.275 e. The molecule has 140 valence electrons. The minimum absolute atomic E-state index is 0.0173. The summed E-state index contributed by atoms with van der Waals surface area (Å²) in [6, 6.07) is 10.5. The molecule has 6 nitrogen and oxygen atoms in total. The molecule has 0 aliphatic rings. The molecule has 0 saturated carbocycles. The molecule has 1 aromatic carbocycles. The number of hydrogen-bond acceptors (Lipinski definition) is 5. The number of furan rings is 1. The summed E-state index contributed by atoms with van der Waals surface area (Å²) in [5.74, 6) is 0.335. The summed E-state index contributed by atoms with van der Waals surface area (Å²) < 4.78 is 5.34. The van der Waals surface area contributed by atoms with Crippen LogP contribution in [0.1, 0.15) is 39.6 Å². The lowest BCUT2D eigenvalue weighted by Crippen LogP contribution is -2.30. The number of carbonyl (C=O) groups excluding carboxylic acids is 2. The molecule has 0 atom stereocenters. The van der Waals surface area contributed by atoms with E-state index in [2.05, 4.69) is 10.3 Å². The quantitative estimate of drug-likeness (QED) is 0.682. The molecule has 0 aliphatic carbocycles. The monoisotopic (exact) mass is 383 g/mol. The van der Waals surface area contributed by atoms with Gasteiger partial charge in [0, 0.05) is 29.2 Å². The second kappa shape index (κ2) is 8.18. The van der Waals surface area contributed by atoms with Crippen molar-refractivity contribution < 1.29 is 14.0 Å². The molecule has 0 aliphatic heterocycles. The number of aryl methyl sites for hydroxylation is 1. The predicted octanol–water partition coefficient (Wildman–Crippen LogP) is 4.45. The molecule has 0 fully saturated rings. The highest BCUT2D eigenvalue weighted by Crippen LogP contribution is 2.28. The Labute approximate surface area is 161 Å². The number of aromatic nitrogens is 1. The maximum atomic E-state index is 12.6. The van der Waals surface area contributed by atoms with E-state index in [1.807, 2.05) is 26.8 Å². The van der Waals surface area contributed by atoms with Crippen molar-refractivity contribution in [1.82, 2.24) is 9.88 Å². The molecular formula is C20H21N3O3S. The van der Waals surface area contributed by atoms with Gasteiger partial charge in [-0.3, -0.25) is 9.59 Å². The maximum absolute atomic E-state index is 12.6. The Morgan fingerprint density at radius 3 is 2.44 bits per heavy atom. The van der Waals surface area contributed by atoms with Crippen LogP contribution in [0.5, 0.6) is 0 Å². The van der Waals surface area contributed by atoms with Gasteiger partial charge in [-0.05, 0) is 57.2 Å². The van der Waals surface area contributed by atoms with Gasteiger partial charge in [0.1, 0.15) is 5.69 Å². The van der Waals surface area contributed by atoms with Gasteiger partial charge in [-0.2, -0.15) is 0 Å². The standard InChI is InChI=1S/C20H21N3O3S/c1-4-23(5-2)20(25)14-8-10-15(11-9-14)21-18(24)17-13(3)27-19(22-17)16-7-6-12-26-16/h6-12H,4-5H2,1-3H3,(H,21,24). The third-order valence-electron chi connectivity index (χ3n) is 4.18. The highest BCUT2D eigenvalue weighted by atomic mass is 32.1. The summed E-state index contributed by atoms with van der Waals surface area (Å²) >= 11 is 1.41. The van der Waals surface area contributed by atoms with Crippen molar-refractivity contribution in [2.24, 2.45) is 0 Å². The number of nitrogens with one attached hydrogen (secondary N) is 1. The molecule has 1 N–H and O–H groups in total. The maximum Gasteiger partial charge on any atom is 0.275 e. The van der Waals surface area contributed by atoms with E-state index in [0.29, 0.717) is 40.8 Å². The Hall–Kier alpha value is -2.93. The number of amides is 2. The fraction of sp³-hybridized carbons (Fsp3) is 0.250. The van der Waals surface area contributed by atoms with E-state index in [1.54, 1.807) is 41.5 Å². The lowest BCUT2D eigenvalue weighted by Gasteiger charge is -2.18. The van der Waals surface area contributed by atoms with E-state index in [9.17, 15) is 9.59 Å². The Bertz CT molecular complexity index is 926. The summed E-state index contributed by atoms with van der Waals surface area (Å²) in [7, 11) is 0. The third kappa shape index (κ3) is 4.09. The van der Waals surface area contributed by atoms with Gasteiger partial charge in [0.05, 0.1) is 6.26 Å². The zero-order valence-electron chi connectivity index (χ0n) is 15.5. The van der Waals surface area contributed by atoms with Crippen molar-refractivity contribution in [2.75, 3.05) is 18.4 Å². The van der Waals surface area contributed by atoms with Crippen LogP contribution in [-0.4, -0.2) is 34.8 Å². The number of carbonyl (C=O) groups is 2. The van der Waals surface area contributed by atoms with Gasteiger partial charge < -0.3 is 14.6 Å². The molecule has 3 aromatic rings. The van der Waals surface area contributed by atoms with Crippen molar-refractivity contribution in [3.8, 4) is 10.8 Å². The van der Waals surface area contributed by atoms with E-state index in [-0.39, 0.29) is 11.8 Å². The van der Waals surface area contributed by atoms with Gasteiger partial charge in [0.2, 0.25) is 0 Å². The fourth-order valence-electron chi connectivity index (χ4n) is 2.69. The van der Waals surface area contributed by atoms with Gasteiger partial charge in [-0.15, -0.1) is 11.3 Å². The molecule has 0 unspecified atom stereocenters. The van der Waals surface area contributed by atoms with Crippen molar-refractivity contribution in [3.63, 3.8) is 0 Å². The summed E-state index contributed by atoms with van der Waals surface area (Å²) in [6.45, 7) is 7.07. The second-order valence-electron chi connectivity index (χ2n) is 5.91. The van der Waals surface area contributed by atoms with Crippen LogP contribution in [0.3, 0.4) is 0 Å². The van der Waals surface area contributed by atoms with Gasteiger partial charge in [-0.1, -0.05) is 0 Å². The minimum Gasteiger partial charge on any atom is -0.462 e. The zero-order chi connectivity index (χ0) is 19.4. The molecule has 27 heavy (non-hydrogen) atoms. The van der Waals surface area contributed by atoms with Gasteiger partial charge in [-0.25, -0.2) is 4.98 Å². The topological polar surface area (TPSA) is 75.4 Å². The molecule has 2 amide bonds. The predicted molar refractivity (Wildman–Crippen MR) is 106 cm³/mol. The van der Waals surface area contributed by atoms with Crippen LogP contribution >= 0.6 is 11.3 Å². The first-order valence-electron chi connectivity index (χ1n) is 8.75. The molecule has 0 spiro atoms. The van der Waals surface area contributed by atoms with Crippen LogP contribution in [0, 0.1) is 6.92 Å². The molecule has 0 radical (unpaired) electrons. The Balaban J connectivity index is 1.72. The number of hydrogen-bond donors (Lipinski definition) is 1. The summed E-state index contributed by atoms with van der Waals surface area (Å²) in [6.07, 6.45) is 1.58. The van der Waals surface area contributed by atoms with Crippen molar-refractivity contribution in [3.05, 3.63) is 58.8 Å². The van der Waals surface area contributed by atoms with E-state index in [4.69, 9.17) is 4.42 Å². The third-order valence-corrected chi connectivity index (χ3v) is 5.17. The van der Waals surface area contributed by atoms with Crippen molar-refractivity contribution in [1.29, 1.82) is 0 Å². The molecule has 2 heterocycles. The number of rotatable bonds is 6. The van der Waals surface area contributed by atoms with Crippen LogP contribution in [0.25, 0.3) is 10.8 Å². The molecule has 2 aromatic heterocycles. The highest BCUT2D eigenvalue weighted by molar-refractivity contribution is 7.15. The van der Waals surface area contributed by atoms with Crippen LogP contribution in [0.2, 0.25) is 0 Å². The first kappa shape index (κ1) is 18.8. The average Bonchev–Trinajstić information content (AvgIpc) is 3.32. The number of nitrogens with zero attached hydrogens (tertiary/aromatic N) is 2. The van der Waals surface area contributed by atoms with E-state index in [1.165, 1.54) is 11.3 Å². The first-order valence-corrected chi connectivity index (χ1v) is 9.57. The van der Waals surface area contributed by atoms with Crippen LogP contribution in [0.15, 0.2) is 47.1 Å². The summed E-state index contributed by atoms with van der Waals surface area (Å²) in [4.78, 5) is 31.9. The Kier molecular flexibility index (Phi) is 5.71. The average molecular weight is 383 g/mol. The highest BCUT2D eigenvalue weighted by Gasteiger charge is 2.18. The summed E-state index contributed by atoms with van der Waals surface area (Å²) in [5, 5.41) is 3.50. The lowest BCUT2D eigenvalue weighted by atomic mass is 10.1. The molecular weight excluding hydrogens is 362 g/mol. The first-order chi connectivity index (χ1) is 13.0. The minimum atomic E-state index is -0.288. The van der Waals surface area contributed by atoms with Crippen molar-refractivity contribution >= 4 is 28.8 Å². The number of anilines is 1. The summed E-state index contributed by atoms with van der Waals surface area (Å²) in [5.41, 5.74) is 1.58. The largest absolute Gasteiger partial charge is 0.462 e. The van der Waals surface area contributed by atoms with E-state index < -0.39 is 0 Å². The molecule has 7 heteroatoms. The SMILES string of the molecule is CCN(CC)C(=O)c1ccc(NC(=O)c2nc(-c3ccco3)sc2C)cc1. The van der Waals surface area contributed by atoms with E-state index >= 15 is 0 Å². The van der Waals surface area contributed by atoms with Crippen molar-refractivity contribution in [2.45, 2.75) is 20.8 Å². The fourth-order valence-corrected chi connectivity index (χ4v) is 3.57. The molecule has 0 bridgehead atoms. The number of thiazole rings is 1.